The number of anilines is 1. The van der Waals surface area contributed by atoms with Crippen molar-refractivity contribution in [3.8, 4) is 0 Å². The first kappa shape index (κ1) is 19.3. The Bertz CT molecular complexity index is 886. The highest BCUT2D eigenvalue weighted by molar-refractivity contribution is 6.30. The molecule has 5 nitrogen and oxygen atoms in total. The lowest BCUT2D eigenvalue weighted by Crippen LogP contribution is -2.32. The van der Waals surface area contributed by atoms with E-state index in [-0.39, 0.29) is 18.8 Å². The molecule has 142 valence electrons. The molecule has 0 bridgehead atoms. The quantitative estimate of drug-likeness (QED) is 0.794. The van der Waals surface area contributed by atoms with E-state index in [4.69, 9.17) is 21.1 Å². The second-order valence-electron chi connectivity index (χ2n) is 6.19. The number of esters is 1. The van der Waals surface area contributed by atoms with Crippen molar-refractivity contribution in [2.75, 3.05) is 11.9 Å². The predicted octanol–water partition coefficient (Wildman–Crippen LogP) is 4.17. The van der Waals surface area contributed by atoms with Gasteiger partial charge in [-0.05, 0) is 49.2 Å². The predicted molar refractivity (Wildman–Crippen MR) is 99.2 cm³/mol. The van der Waals surface area contributed by atoms with E-state index < -0.39 is 24.1 Å². The van der Waals surface area contributed by atoms with Gasteiger partial charge in [-0.25, -0.2) is 4.39 Å². The third-order valence-electron chi connectivity index (χ3n) is 4.40. The number of hydrogen-bond acceptors (Lipinski definition) is 4. The van der Waals surface area contributed by atoms with Gasteiger partial charge in [0.25, 0.3) is 5.91 Å². The van der Waals surface area contributed by atoms with Crippen LogP contribution >= 0.6 is 11.6 Å². The fourth-order valence-corrected chi connectivity index (χ4v) is 3.22. The van der Waals surface area contributed by atoms with E-state index in [0.717, 1.165) is 0 Å². The van der Waals surface area contributed by atoms with E-state index in [1.807, 2.05) is 0 Å². The smallest absolute Gasteiger partial charge is 0.308 e. The monoisotopic (exact) mass is 391 g/mol. The molecule has 2 aromatic carbocycles. The Morgan fingerprint density at radius 2 is 2.07 bits per heavy atom. The lowest BCUT2D eigenvalue weighted by molar-refractivity contribution is -0.150. The molecule has 0 aromatic heterocycles. The number of amides is 1. The normalized spacial score (nSPS) is 19.0. The van der Waals surface area contributed by atoms with Crippen molar-refractivity contribution >= 4 is 29.2 Å². The molecule has 0 aliphatic carbocycles. The molecule has 2 aromatic rings. The van der Waals surface area contributed by atoms with Gasteiger partial charge in [0.1, 0.15) is 18.0 Å². The van der Waals surface area contributed by atoms with Gasteiger partial charge in [0.05, 0.1) is 13.0 Å². The molecular weight excluding hydrogens is 373 g/mol. The SMILES string of the molecule is CCOC(=O)C[C@H]1O[C@H](c2cccc(F)c2C)c2cc(Cl)ccc2NC1=O. The third-order valence-corrected chi connectivity index (χ3v) is 4.63. The molecule has 2 atom stereocenters. The fourth-order valence-electron chi connectivity index (χ4n) is 3.04. The molecule has 0 radical (unpaired) electrons. The van der Waals surface area contributed by atoms with Crippen molar-refractivity contribution < 1.29 is 23.5 Å². The average molecular weight is 392 g/mol. The number of nitrogens with one attached hydrogen (secondary N) is 1. The summed E-state index contributed by atoms with van der Waals surface area (Å²) in [6.07, 6.45) is -2.10. The Kier molecular flexibility index (Phi) is 5.77. The van der Waals surface area contributed by atoms with Gasteiger partial charge < -0.3 is 14.8 Å². The fraction of sp³-hybridized carbons (Fsp3) is 0.300. The van der Waals surface area contributed by atoms with Crippen molar-refractivity contribution in [2.24, 2.45) is 0 Å². The Morgan fingerprint density at radius 3 is 2.81 bits per heavy atom. The zero-order chi connectivity index (χ0) is 19.6. The topological polar surface area (TPSA) is 64.6 Å². The summed E-state index contributed by atoms with van der Waals surface area (Å²) in [5, 5.41) is 3.21. The largest absolute Gasteiger partial charge is 0.466 e. The number of hydrogen-bond donors (Lipinski definition) is 1. The molecule has 1 aliphatic heterocycles. The average Bonchev–Trinajstić information content (AvgIpc) is 2.75. The van der Waals surface area contributed by atoms with Gasteiger partial charge >= 0.3 is 5.97 Å². The summed E-state index contributed by atoms with van der Waals surface area (Å²) < 4.78 is 25.1. The van der Waals surface area contributed by atoms with Crippen LogP contribution in [-0.4, -0.2) is 24.6 Å². The van der Waals surface area contributed by atoms with Crippen LogP contribution in [0.4, 0.5) is 10.1 Å². The maximum Gasteiger partial charge on any atom is 0.308 e. The number of halogens is 2. The molecule has 0 fully saturated rings. The summed E-state index contributed by atoms with van der Waals surface area (Å²) in [6, 6.07) is 9.62. The van der Waals surface area contributed by atoms with E-state index in [1.165, 1.54) is 6.07 Å². The number of carbonyl (C=O) groups excluding carboxylic acids is 2. The molecule has 0 spiro atoms. The molecule has 1 N–H and O–H groups in total. The lowest BCUT2D eigenvalue weighted by atomic mass is 9.96. The van der Waals surface area contributed by atoms with Crippen LogP contribution in [0.25, 0.3) is 0 Å². The van der Waals surface area contributed by atoms with Crippen molar-refractivity contribution in [1.29, 1.82) is 0 Å². The molecule has 1 amide bonds. The van der Waals surface area contributed by atoms with Crippen LogP contribution in [0.2, 0.25) is 5.02 Å². The van der Waals surface area contributed by atoms with E-state index in [2.05, 4.69) is 5.32 Å². The third kappa shape index (κ3) is 4.12. The summed E-state index contributed by atoms with van der Waals surface area (Å²) in [5.74, 6) is -1.40. The number of carbonyl (C=O) groups is 2. The first-order valence-corrected chi connectivity index (χ1v) is 8.95. The first-order valence-electron chi connectivity index (χ1n) is 8.57. The zero-order valence-electron chi connectivity index (χ0n) is 14.9. The minimum Gasteiger partial charge on any atom is -0.466 e. The van der Waals surface area contributed by atoms with E-state index in [9.17, 15) is 14.0 Å². The van der Waals surface area contributed by atoms with Gasteiger partial charge in [-0.15, -0.1) is 0 Å². The van der Waals surface area contributed by atoms with Crippen LogP contribution < -0.4 is 5.32 Å². The van der Waals surface area contributed by atoms with Gasteiger partial charge in [-0.3, -0.25) is 9.59 Å². The maximum atomic E-state index is 14.1. The number of fused-ring (bicyclic) bond motifs is 1. The second kappa shape index (κ2) is 8.06. The summed E-state index contributed by atoms with van der Waals surface area (Å²) in [4.78, 5) is 24.5. The van der Waals surface area contributed by atoms with Gasteiger partial charge in [0.2, 0.25) is 0 Å². The molecule has 1 heterocycles. The summed E-state index contributed by atoms with van der Waals surface area (Å²) in [7, 11) is 0. The first-order chi connectivity index (χ1) is 12.9. The molecule has 7 heteroatoms. The second-order valence-corrected chi connectivity index (χ2v) is 6.63. The number of ether oxygens (including phenoxy) is 2. The van der Waals surface area contributed by atoms with Crippen LogP contribution in [0.15, 0.2) is 36.4 Å². The van der Waals surface area contributed by atoms with Crippen LogP contribution in [0, 0.1) is 12.7 Å². The van der Waals surface area contributed by atoms with E-state index in [1.54, 1.807) is 44.2 Å². The zero-order valence-corrected chi connectivity index (χ0v) is 15.7. The Hall–Kier alpha value is -2.44. The molecule has 3 rings (SSSR count). The summed E-state index contributed by atoms with van der Waals surface area (Å²) in [5.41, 5.74) is 2.06. The van der Waals surface area contributed by atoms with E-state index >= 15 is 0 Å². The highest BCUT2D eigenvalue weighted by atomic mass is 35.5. The van der Waals surface area contributed by atoms with Crippen molar-refractivity contribution in [3.05, 3.63) is 63.9 Å². The molecule has 0 saturated heterocycles. The molecule has 0 saturated carbocycles. The lowest BCUT2D eigenvalue weighted by Gasteiger charge is -2.23. The van der Waals surface area contributed by atoms with Crippen molar-refractivity contribution in [3.63, 3.8) is 0 Å². The number of benzene rings is 2. The Morgan fingerprint density at radius 1 is 1.30 bits per heavy atom. The Balaban J connectivity index is 2.07. The molecule has 27 heavy (non-hydrogen) atoms. The van der Waals surface area contributed by atoms with Gasteiger partial charge in [0, 0.05) is 16.3 Å². The van der Waals surface area contributed by atoms with Gasteiger partial charge in [-0.2, -0.15) is 0 Å². The van der Waals surface area contributed by atoms with Gasteiger partial charge in [-0.1, -0.05) is 23.7 Å². The minimum absolute atomic E-state index is 0.204. The van der Waals surface area contributed by atoms with Crippen LogP contribution in [0.3, 0.4) is 0 Å². The van der Waals surface area contributed by atoms with Crippen molar-refractivity contribution in [1.82, 2.24) is 0 Å². The Labute approximate surface area is 161 Å². The highest BCUT2D eigenvalue weighted by Gasteiger charge is 2.34. The van der Waals surface area contributed by atoms with Crippen molar-refractivity contribution in [2.45, 2.75) is 32.5 Å². The molecular formula is C20H19ClFNO4. The van der Waals surface area contributed by atoms with Crippen LogP contribution in [0.5, 0.6) is 0 Å². The number of rotatable bonds is 4. The highest BCUT2D eigenvalue weighted by Crippen LogP contribution is 2.38. The van der Waals surface area contributed by atoms with Crippen LogP contribution in [0.1, 0.15) is 36.1 Å². The summed E-state index contributed by atoms with van der Waals surface area (Å²) in [6.45, 7) is 3.52. The van der Waals surface area contributed by atoms with Gasteiger partial charge in [0.15, 0.2) is 0 Å². The molecule has 1 aliphatic rings. The van der Waals surface area contributed by atoms with Crippen LogP contribution in [-0.2, 0) is 19.1 Å². The maximum absolute atomic E-state index is 14.1. The summed E-state index contributed by atoms with van der Waals surface area (Å²) >= 11 is 6.14. The van der Waals surface area contributed by atoms with E-state index in [0.29, 0.717) is 27.4 Å². The minimum atomic E-state index is -1.08. The standard InChI is InChI=1S/C20H19ClFNO4/c1-3-26-18(24)10-17-20(25)23-16-8-7-12(21)9-14(16)19(27-17)13-5-4-6-15(22)11(13)2/h4-9,17,19H,3,10H2,1-2H3,(H,23,25)/t17-,19-/m1/s1. The molecule has 0 unspecified atom stereocenters.